The molecule has 0 unspecified atom stereocenters. The third-order valence-electron chi connectivity index (χ3n) is 6.41. The van der Waals surface area contributed by atoms with Gasteiger partial charge in [-0.05, 0) is 64.5 Å². The molecule has 3 aromatic carbocycles. The third kappa shape index (κ3) is 8.92. The fourth-order valence-electron chi connectivity index (χ4n) is 4.19. The van der Waals surface area contributed by atoms with Gasteiger partial charge in [-0.3, -0.25) is 9.79 Å². The van der Waals surface area contributed by atoms with E-state index in [0.717, 1.165) is 33.9 Å². The van der Waals surface area contributed by atoms with E-state index in [9.17, 15) is 18.0 Å². The number of alkyl halides is 3. The highest BCUT2D eigenvalue weighted by Gasteiger charge is 2.32. The second kappa shape index (κ2) is 14.2. The highest BCUT2D eigenvalue weighted by molar-refractivity contribution is 6.05. The van der Waals surface area contributed by atoms with Crippen molar-refractivity contribution in [3.05, 3.63) is 125 Å². The van der Waals surface area contributed by atoms with Gasteiger partial charge in [0.2, 0.25) is 5.91 Å². The van der Waals surface area contributed by atoms with Crippen LogP contribution in [0.1, 0.15) is 30.0 Å². The average Bonchev–Trinajstić information content (AvgIpc) is 2.96. The summed E-state index contributed by atoms with van der Waals surface area (Å²) in [5.41, 5.74) is 10.8. The van der Waals surface area contributed by atoms with E-state index in [4.69, 9.17) is 5.73 Å². The van der Waals surface area contributed by atoms with Crippen LogP contribution in [0.4, 0.5) is 13.2 Å². The van der Waals surface area contributed by atoms with E-state index in [1.54, 1.807) is 38.2 Å². The van der Waals surface area contributed by atoms with Crippen LogP contribution < -0.4 is 11.1 Å². The summed E-state index contributed by atoms with van der Waals surface area (Å²) >= 11 is 0. The molecule has 0 aliphatic heterocycles. The minimum absolute atomic E-state index is 0.0783. The number of rotatable bonds is 11. The van der Waals surface area contributed by atoms with Crippen molar-refractivity contribution in [3.8, 4) is 11.1 Å². The molecule has 0 bridgehead atoms. The van der Waals surface area contributed by atoms with Gasteiger partial charge >= 0.3 is 6.18 Å². The molecule has 0 spiro atoms. The molecule has 3 rings (SSSR count). The molecule has 4 nitrogen and oxygen atoms in total. The van der Waals surface area contributed by atoms with Crippen LogP contribution in [0.3, 0.4) is 0 Å². The maximum Gasteiger partial charge on any atom is 0.416 e. The summed E-state index contributed by atoms with van der Waals surface area (Å²) < 4.78 is 41.9. The van der Waals surface area contributed by atoms with Gasteiger partial charge in [-0.1, -0.05) is 85.5 Å². The first-order valence-corrected chi connectivity index (χ1v) is 12.9. The largest absolute Gasteiger partial charge is 0.416 e. The first-order valence-electron chi connectivity index (χ1n) is 12.9. The smallest absolute Gasteiger partial charge is 0.351 e. The Bertz CT molecular complexity index is 1420. The van der Waals surface area contributed by atoms with Crippen LogP contribution >= 0.6 is 0 Å². The molecule has 0 atom stereocenters. The Morgan fingerprint density at radius 3 is 2.33 bits per heavy atom. The van der Waals surface area contributed by atoms with Crippen molar-refractivity contribution in [1.29, 1.82) is 0 Å². The highest BCUT2D eigenvalue weighted by atomic mass is 19.4. The zero-order chi connectivity index (χ0) is 29.1. The number of carbonyl (C=O) groups excluding carboxylic acids is 1. The molecule has 0 aromatic heterocycles. The van der Waals surface area contributed by atoms with E-state index in [1.807, 2.05) is 54.6 Å². The summed E-state index contributed by atoms with van der Waals surface area (Å²) in [6.07, 6.45) is -1.82. The molecule has 3 aromatic rings. The number of halogens is 3. The maximum absolute atomic E-state index is 14.0. The average molecular weight is 546 g/mol. The molecule has 0 saturated heterocycles. The monoisotopic (exact) mass is 545 g/mol. The lowest BCUT2D eigenvalue weighted by Crippen LogP contribution is -2.29. The molecular formula is C33H34F3N3O. The minimum Gasteiger partial charge on any atom is -0.351 e. The van der Waals surface area contributed by atoms with Crippen molar-refractivity contribution in [2.45, 2.75) is 32.5 Å². The maximum atomic E-state index is 14.0. The van der Waals surface area contributed by atoms with Gasteiger partial charge in [0.25, 0.3) is 0 Å². The molecule has 0 saturated carbocycles. The number of allylic oxidation sites excluding steroid dienone is 5. The summed E-state index contributed by atoms with van der Waals surface area (Å²) in [6, 6.07) is 24.9. The zero-order valence-electron chi connectivity index (χ0n) is 22.8. The van der Waals surface area contributed by atoms with E-state index < -0.39 is 11.7 Å². The van der Waals surface area contributed by atoms with Gasteiger partial charge < -0.3 is 11.1 Å². The Morgan fingerprint density at radius 1 is 0.975 bits per heavy atom. The van der Waals surface area contributed by atoms with Crippen LogP contribution in [0.5, 0.6) is 0 Å². The van der Waals surface area contributed by atoms with Gasteiger partial charge in [-0.15, -0.1) is 0 Å². The number of carbonyl (C=O) groups is 1. The first kappa shape index (κ1) is 30.3. The van der Waals surface area contributed by atoms with E-state index in [2.05, 4.69) is 16.9 Å². The number of nitrogens with two attached hydrogens (primary N) is 1. The van der Waals surface area contributed by atoms with Crippen LogP contribution in [-0.2, 0) is 17.8 Å². The number of nitrogens with one attached hydrogen (secondary N) is 1. The molecule has 0 aliphatic rings. The summed E-state index contributed by atoms with van der Waals surface area (Å²) in [5.74, 6) is -0.301. The van der Waals surface area contributed by atoms with Crippen LogP contribution in [0.25, 0.3) is 16.7 Å². The van der Waals surface area contributed by atoms with Gasteiger partial charge in [-0.2, -0.15) is 13.2 Å². The van der Waals surface area contributed by atoms with Crippen molar-refractivity contribution < 1.29 is 18.0 Å². The SMILES string of the molecule is C=C(CC(=NC)/C(C)=C/C(=C\Cc1cccc(CNC(=O)CN)c1)C(F)(F)F)c1cccc(-c2ccccc2)c1. The van der Waals surface area contributed by atoms with E-state index in [1.165, 1.54) is 6.08 Å². The normalized spacial score (nSPS) is 12.8. The van der Waals surface area contributed by atoms with Gasteiger partial charge in [0.1, 0.15) is 0 Å². The third-order valence-corrected chi connectivity index (χ3v) is 6.41. The summed E-state index contributed by atoms with van der Waals surface area (Å²) in [5, 5.41) is 2.66. The molecule has 3 N–H and O–H groups in total. The number of hydrogen-bond donors (Lipinski definition) is 2. The molecule has 208 valence electrons. The molecule has 0 heterocycles. The van der Waals surface area contributed by atoms with Crippen LogP contribution in [-0.4, -0.2) is 31.4 Å². The lowest BCUT2D eigenvalue weighted by Gasteiger charge is -2.14. The zero-order valence-corrected chi connectivity index (χ0v) is 22.8. The molecule has 0 aliphatic carbocycles. The molecule has 1 amide bonds. The second-order valence-corrected chi connectivity index (χ2v) is 9.39. The Morgan fingerprint density at radius 2 is 1.65 bits per heavy atom. The quantitative estimate of drug-likeness (QED) is 0.200. The van der Waals surface area contributed by atoms with Crippen molar-refractivity contribution in [3.63, 3.8) is 0 Å². The fraction of sp³-hybridized carbons (Fsp3) is 0.212. The van der Waals surface area contributed by atoms with Gasteiger partial charge in [-0.25, -0.2) is 0 Å². The van der Waals surface area contributed by atoms with Gasteiger partial charge in [0.15, 0.2) is 0 Å². The molecule has 40 heavy (non-hydrogen) atoms. The van der Waals surface area contributed by atoms with E-state index in [0.29, 0.717) is 23.3 Å². The Kier molecular flexibility index (Phi) is 10.8. The number of hydrogen-bond acceptors (Lipinski definition) is 3. The lowest BCUT2D eigenvalue weighted by atomic mass is 9.94. The van der Waals surface area contributed by atoms with Crippen molar-refractivity contribution in [1.82, 2.24) is 5.32 Å². The highest BCUT2D eigenvalue weighted by Crippen LogP contribution is 2.30. The number of benzene rings is 3. The standard InChI is InChI=1S/C33H34F3N3O/c1-23(28-13-8-14-29(20-28)27-11-5-4-6-12-27)18-31(38-3)24(2)17-30(33(34,35)36)16-15-25-9-7-10-26(19-25)22-39-32(40)21-37/h4-14,16-17,19-20H,1,15,18,21-22,37H2,2-3H3,(H,39,40)/b24-17+,30-16+,38-31?. The Hall–Kier alpha value is -4.23. The van der Waals surface area contributed by atoms with Crippen LogP contribution in [0.2, 0.25) is 0 Å². The molecule has 0 fully saturated rings. The Labute approximate surface area is 233 Å². The summed E-state index contributed by atoms with van der Waals surface area (Å²) in [7, 11) is 1.58. The predicted molar refractivity (Wildman–Crippen MR) is 158 cm³/mol. The van der Waals surface area contributed by atoms with Crippen molar-refractivity contribution in [2.24, 2.45) is 10.7 Å². The fourth-order valence-corrected chi connectivity index (χ4v) is 4.19. The summed E-state index contributed by atoms with van der Waals surface area (Å²) in [4.78, 5) is 15.7. The number of nitrogens with zero attached hydrogens (tertiary/aromatic N) is 1. The first-order chi connectivity index (χ1) is 19.1. The summed E-state index contributed by atoms with van der Waals surface area (Å²) in [6.45, 7) is 5.96. The Balaban J connectivity index is 1.77. The predicted octanol–water partition coefficient (Wildman–Crippen LogP) is 7.08. The van der Waals surface area contributed by atoms with E-state index >= 15 is 0 Å². The van der Waals surface area contributed by atoms with Crippen molar-refractivity contribution in [2.75, 3.05) is 13.6 Å². The van der Waals surface area contributed by atoms with Crippen LogP contribution in [0, 0.1) is 0 Å². The lowest BCUT2D eigenvalue weighted by molar-refractivity contribution is -0.119. The minimum atomic E-state index is -4.53. The molecule has 0 radical (unpaired) electrons. The number of amides is 1. The van der Waals surface area contributed by atoms with Gasteiger partial charge in [0.05, 0.1) is 12.1 Å². The molecular weight excluding hydrogens is 511 g/mol. The van der Waals surface area contributed by atoms with Crippen LogP contribution in [0.15, 0.2) is 114 Å². The van der Waals surface area contributed by atoms with Crippen molar-refractivity contribution >= 4 is 17.2 Å². The van der Waals surface area contributed by atoms with E-state index in [-0.39, 0.29) is 25.4 Å². The topological polar surface area (TPSA) is 67.5 Å². The van der Waals surface area contributed by atoms with Gasteiger partial charge in [0, 0.05) is 25.7 Å². The number of aliphatic imine (C=N–C) groups is 1. The molecule has 7 heteroatoms. The second-order valence-electron chi connectivity index (χ2n) is 9.39.